The predicted octanol–water partition coefficient (Wildman–Crippen LogP) is 3.71. The lowest BCUT2D eigenvalue weighted by atomic mass is 9.89. The fourth-order valence-corrected chi connectivity index (χ4v) is 2.03. The highest BCUT2D eigenvalue weighted by atomic mass is 79.9. The van der Waals surface area contributed by atoms with E-state index in [4.69, 9.17) is 5.73 Å². The molecule has 0 spiro atoms. The van der Waals surface area contributed by atoms with Gasteiger partial charge in [0.25, 0.3) is 0 Å². The van der Waals surface area contributed by atoms with Crippen molar-refractivity contribution >= 4 is 33.2 Å². The molecule has 0 heterocycles. The minimum Gasteiger partial charge on any atom is -0.397 e. The molecule has 17 heavy (non-hydrogen) atoms. The molecule has 1 amide bonds. The Balaban J connectivity index is 3.01. The van der Waals surface area contributed by atoms with Crippen LogP contribution in [0.2, 0.25) is 0 Å². The van der Waals surface area contributed by atoms with E-state index in [0.29, 0.717) is 11.4 Å². The van der Waals surface area contributed by atoms with Crippen molar-refractivity contribution in [3.05, 3.63) is 22.2 Å². The summed E-state index contributed by atoms with van der Waals surface area (Å²) in [6.07, 6.45) is 0.780. The van der Waals surface area contributed by atoms with Gasteiger partial charge in [0.1, 0.15) is 0 Å². The number of rotatable bonds is 3. The van der Waals surface area contributed by atoms with Gasteiger partial charge in [-0.2, -0.15) is 0 Å². The Morgan fingerprint density at radius 2 is 2.06 bits per heavy atom. The zero-order valence-electron chi connectivity index (χ0n) is 10.7. The van der Waals surface area contributed by atoms with Gasteiger partial charge >= 0.3 is 0 Å². The van der Waals surface area contributed by atoms with E-state index in [1.54, 1.807) is 0 Å². The molecule has 1 aromatic carbocycles. The van der Waals surface area contributed by atoms with Crippen molar-refractivity contribution < 1.29 is 4.79 Å². The second-order valence-corrected chi connectivity index (χ2v) is 5.76. The monoisotopic (exact) mass is 298 g/mol. The van der Waals surface area contributed by atoms with E-state index in [9.17, 15) is 4.79 Å². The van der Waals surface area contributed by atoms with E-state index >= 15 is 0 Å². The first-order valence-electron chi connectivity index (χ1n) is 5.65. The maximum absolute atomic E-state index is 12.1. The van der Waals surface area contributed by atoms with Gasteiger partial charge in [0.2, 0.25) is 5.91 Å². The molecule has 0 atom stereocenters. The average Bonchev–Trinajstić information content (AvgIpc) is 2.22. The van der Waals surface area contributed by atoms with E-state index in [1.165, 1.54) is 0 Å². The Bertz CT molecular complexity index is 418. The van der Waals surface area contributed by atoms with E-state index in [1.807, 2.05) is 39.8 Å². The highest BCUT2D eigenvalue weighted by Crippen LogP contribution is 2.32. The quantitative estimate of drug-likeness (QED) is 0.836. The SMILES string of the molecule is CCC(C)(C)C(=O)Nc1c(N)cc(C)cc1Br. The summed E-state index contributed by atoms with van der Waals surface area (Å²) in [5.41, 5.74) is 7.81. The largest absolute Gasteiger partial charge is 0.397 e. The first-order chi connectivity index (χ1) is 7.77. The van der Waals surface area contributed by atoms with E-state index in [2.05, 4.69) is 21.2 Å². The summed E-state index contributed by atoms with van der Waals surface area (Å²) in [4.78, 5) is 12.1. The van der Waals surface area contributed by atoms with E-state index in [0.717, 1.165) is 16.5 Å². The second-order valence-electron chi connectivity index (χ2n) is 4.90. The third-order valence-corrected chi connectivity index (χ3v) is 3.63. The van der Waals surface area contributed by atoms with Crippen LogP contribution in [0, 0.1) is 12.3 Å². The maximum Gasteiger partial charge on any atom is 0.230 e. The van der Waals surface area contributed by atoms with Crippen molar-refractivity contribution in [1.29, 1.82) is 0 Å². The number of carbonyl (C=O) groups excluding carboxylic acids is 1. The fourth-order valence-electron chi connectivity index (χ4n) is 1.34. The fraction of sp³-hybridized carbons (Fsp3) is 0.462. The molecule has 0 aromatic heterocycles. The van der Waals surface area contributed by atoms with Crippen molar-refractivity contribution in [3.63, 3.8) is 0 Å². The minimum atomic E-state index is -0.392. The van der Waals surface area contributed by atoms with Crippen LogP contribution in [0.3, 0.4) is 0 Å². The number of nitrogen functional groups attached to an aromatic ring is 1. The maximum atomic E-state index is 12.1. The molecular weight excluding hydrogens is 280 g/mol. The lowest BCUT2D eigenvalue weighted by molar-refractivity contribution is -0.124. The molecular formula is C13H19BrN2O. The summed E-state index contributed by atoms with van der Waals surface area (Å²) in [6.45, 7) is 7.79. The summed E-state index contributed by atoms with van der Waals surface area (Å²) in [7, 11) is 0. The van der Waals surface area contributed by atoms with Crippen molar-refractivity contribution in [2.24, 2.45) is 5.41 Å². The molecule has 1 aromatic rings. The van der Waals surface area contributed by atoms with Gasteiger partial charge in [0, 0.05) is 9.89 Å². The molecule has 0 aliphatic rings. The second kappa shape index (κ2) is 5.08. The van der Waals surface area contributed by atoms with Gasteiger partial charge in [-0.25, -0.2) is 0 Å². The third-order valence-electron chi connectivity index (χ3n) is 3.00. The van der Waals surface area contributed by atoms with Crippen LogP contribution >= 0.6 is 15.9 Å². The molecule has 4 heteroatoms. The van der Waals surface area contributed by atoms with Gasteiger partial charge in [-0.15, -0.1) is 0 Å². The predicted molar refractivity (Wildman–Crippen MR) is 76.0 cm³/mol. The number of aryl methyl sites for hydroxylation is 1. The summed E-state index contributed by atoms with van der Waals surface area (Å²) >= 11 is 3.42. The normalized spacial score (nSPS) is 11.4. The van der Waals surface area contributed by atoms with Gasteiger partial charge in [-0.3, -0.25) is 4.79 Å². The van der Waals surface area contributed by atoms with Crippen LogP contribution < -0.4 is 11.1 Å². The number of hydrogen-bond donors (Lipinski definition) is 2. The van der Waals surface area contributed by atoms with Crippen LogP contribution in [0.1, 0.15) is 32.8 Å². The standard InChI is InChI=1S/C13H19BrN2O/c1-5-13(3,4)12(17)16-11-9(14)6-8(2)7-10(11)15/h6-7H,5,15H2,1-4H3,(H,16,17). The minimum absolute atomic E-state index is 0.0174. The van der Waals surface area contributed by atoms with Crippen LogP contribution in [0.4, 0.5) is 11.4 Å². The number of halogens is 1. The number of hydrogen-bond acceptors (Lipinski definition) is 2. The first-order valence-corrected chi connectivity index (χ1v) is 6.44. The molecule has 94 valence electrons. The molecule has 0 fully saturated rings. The molecule has 1 rings (SSSR count). The lowest BCUT2D eigenvalue weighted by Crippen LogP contribution is -2.30. The van der Waals surface area contributed by atoms with Gasteiger partial charge in [0.05, 0.1) is 11.4 Å². The van der Waals surface area contributed by atoms with Crippen LogP contribution in [0.15, 0.2) is 16.6 Å². The van der Waals surface area contributed by atoms with Crippen LogP contribution in [-0.2, 0) is 4.79 Å². The highest BCUT2D eigenvalue weighted by molar-refractivity contribution is 9.10. The topological polar surface area (TPSA) is 55.1 Å². The van der Waals surface area contributed by atoms with Crippen molar-refractivity contribution in [2.75, 3.05) is 11.1 Å². The molecule has 0 saturated carbocycles. The average molecular weight is 299 g/mol. The Kier molecular flexibility index (Phi) is 4.20. The van der Waals surface area contributed by atoms with E-state index in [-0.39, 0.29) is 5.91 Å². The molecule has 3 N–H and O–H groups in total. The van der Waals surface area contributed by atoms with Crippen molar-refractivity contribution in [3.8, 4) is 0 Å². The molecule has 3 nitrogen and oxygen atoms in total. The zero-order valence-corrected chi connectivity index (χ0v) is 12.3. The van der Waals surface area contributed by atoms with Crippen LogP contribution in [0.25, 0.3) is 0 Å². The molecule has 0 bridgehead atoms. The Morgan fingerprint density at radius 3 is 2.53 bits per heavy atom. The molecule has 0 aliphatic carbocycles. The smallest absolute Gasteiger partial charge is 0.230 e. The molecule has 0 unspecified atom stereocenters. The molecule has 0 aliphatic heterocycles. The van der Waals surface area contributed by atoms with Gasteiger partial charge in [-0.1, -0.05) is 20.8 Å². The summed E-state index contributed by atoms with van der Waals surface area (Å²) < 4.78 is 0.815. The number of amides is 1. The van der Waals surface area contributed by atoms with Crippen molar-refractivity contribution in [2.45, 2.75) is 34.1 Å². The summed E-state index contributed by atoms with van der Waals surface area (Å²) in [5.74, 6) is -0.0174. The zero-order chi connectivity index (χ0) is 13.2. The number of anilines is 2. The Labute approximate surface area is 111 Å². The third kappa shape index (κ3) is 3.22. The number of nitrogens with one attached hydrogen (secondary N) is 1. The Hall–Kier alpha value is -1.03. The number of nitrogens with two attached hydrogens (primary N) is 1. The number of carbonyl (C=O) groups is 1. The number of benzene rings is 1. The summed E-state index contributed by atoms with van der Waals surface area (Å²) in [5, 5.41) is 2.89. The van der Waals surface area contributed by atoms with Gasteiger partial charge < -0.3 is 11.1 Å². The first kappa shape index (κ1) is 14.0. The molecule has 0 saturated heterocycles. The van der Waals surface area contributed by atoms with Gasteiger partial charge in [0.15, 0.2) is 0 Å². The highest BCUT2D eigenvalue weighted by Gasteiger charge is 2.26. The Morgan fingerprint density at radius 1 is 1.47 bits per heavy atom. The van der Waals surface area contributed by atoms with Crippen LogP contribution in [0.5, 0.6) is 0 Å². The van der Waals surface area contributed by atoms with E-state index < -0.39 is 5.41 Å². The molecule has 0 radical (unpaired) electrons. The van der Waals surface area contributed by atoms with Crippen molar-refractivity contribution in [1.82, 2.24) is 0 Å². The van der Waals surface area contributed by atoms with Gasteiger partial charge in [-0.05, 0) is 47.0 Å². The lowest BCUT2D eigenvalue weighted by Gasteiger charge is -2.22. The summed E-state index contributed by atoms with van der Waals surface area (Å²) in [6, 6.07) is 3.78. The van der Waals surface area contributed by atoms with Crippen LogP contribution in [-0.4, -0.2) is 5.91 Å².